The molecule has 2 rings (SSSR count). The first-order valence-corrected chi connectivity index (χ1v) is 6.97. The van der Waals surface area contributed by atoms with Gasteiger partial charge in [-0.1, -0.05) is 19.1 Å². The van der Waals surface area contributed by atoms with Crippen LogP contribution < -0.4 is 10.6 Å². The third-order valence-electron chi connectivity index (χ3n) is 2.90. The van der Waals surface area contributed by atoms with Gasteiger partial charge in [-0.3, -0.25) is 4.79 Å². The van der Waals surface area contributed by atoms with Crippen LogP contribution in [0.4, 0.5) is 30.5 Å². The lowest BCUT2D eigenvalue weighted by molar-refractivity contribution is -0.136. The second kappa shape index (κ2) is 7.08. The van der Waals surface area contributed by atoms with Crippen molar-refractivity contribution >= 4 is 23.2 Å². The molecule has 0 spiro atoms. The molecule has 2 N–H and O–H groups in total. The predicted octanol–water partition coefficient (Wildman–Crippen LogP) is 3.98. The number of rotatable bonds is 5. The molecular weight excluding hydrogens is 309 g/mol. The van der Waals surface area contributed by atoms with Crippen molar-refractivity contribution < 1.29 is 18.0 Å². The van der Waals surface area contributed by atoms with Gasteiger partial charge in [-0.25, -0.2) is 0 Å². The third kappa shape index (κ3) is 4.67. The molecule has 1 aromatic carbocycles. The van der Waals surface area contributed by atoms with E-state index in [-0.39, 0.29) is 23.2 Å². The van der Waals surface area contributed by atoms with Crippen LogP contribution in [0.5, 0.6) is 0 Å². The minimum absolute atomic E-state index is 0.114. The highest BCUT2D eigenvalue weighted by molar-refractivity contribution is 5.89. The normalized spacial score (nSPS) is 11.1. The number of carbonyl (C=O) groups is 1. The topological polar surface area (TPSA) is 66.9 Å². The number of carbonyl (C=O) groups excluding carboxylic acids is 1. The largest absolute Gasteiger partial charge is 0.418 e. The van der Waals surface area contributed by atoms with E-state index in [1.807, 2.05) is 6.92 Å². The molecule has 0 unspecified atom stereocenters. The zero-order chi connectivity index (χ0) is 16.9. The van der Waals surface area contributed by atoms with Gasteiger partial charge in [-0.15, -0.1) is 10.2 Å². The van der Waals surface area contributed by atoms with Gasteiger partial charge < -0.3 is 10.6 Å². The second-order valence-electron chi connectivity index (χ2n) is 4.77. The van der Waals surface area contributed by atoms with Crippen LogP contribution in [0.25, 0.3) is 0 Å². The fraction of sp³-hybridized carbons (Fsp3) is 0.267. The SMILES string of the molecule is CCCC(=O)Nc1ccc(Nc2ccccc2C(F)(F)F)nn1. The van der Waals surface area contributed by atoms with Crippen LogP contribution in [0.2, 0.25) is 0 Å². The van der Waals surface area contributed by atoms with Gasteiger partial charge >= 0.3 is 6.18 Å². The van der Waals surface area contributed by atoms with Gasteiger partial charge in [0.25, 0.3) is 0 Å². The summed E-state index contributed by atoms with van der Waals surface area (Å²) in [4.78, 5) is 11.4. The van der Waals surface area contributed by atoms with Gasteiger partial charge in [-0.05, 0) is 30.7 Å². The quantitative estimate of drug-likeness (QED) is 0.873. The first kappa shape index (κ1) is 16.7. The highest BCUT2D eigenvalue weighted by Gasteiger charge is 2.33. The summed E-state index contributed by atoms with van der Waals surface area (Å²) in [5.41, 5.74) is -0.904. The number of para-hydroxylation sites is 1. The molecule has 1 aromatic heterocycles. The van der Waals surface area contributed by atoms with Gasteiger partial charge in [0.1, 0.15) is 0 Å². The Bertz CT molecular complexity index is 671. The number of aromatic nitrogens is 2. The summed E-state index contributed by atoms with van der Waals surface area (Å²) in [6.07, 6.45) is -3.40. The number of anilines is 3. The lowest BCUT2D eigenvalue weighted by Gasteiger charge is -2.13. The lowest BCUT2D eigenvalue weighted by atomic mass is 10.1. The lowest BCUT2D eigenvalue weighted by Crippen LogP contribution is -2.13. The zero-order valence-electron chi connectivity index (χ0n) is 12.3. The van der Waals surface area contributed by atoms with E-state index in [0.717, 1.165) is 6.07 Å². The molecule has 0 aliphatic rings. The molecule has 1 heterocycles. The summed E-state index contributed by atoms with van der Waals surface area (Å²) in [5, 5.41) is 12.7. The third-order valence-corrected chi connectivity index (χ3v) is 2.90. The Balaban J connectivity index is 2.12. The first-order valence-electron chi connectivity index (χ1n) is 6.97. The van der Waals surface area contributed by atoms with E-state index in [0.29, 0.717) is 12.8 Å². The van der Waals surface area contributed by atoms with Gasteiger partial charge in [-0.2, -0.15) is 13.2 Å². The van der Waals surface area contributed by atoms with E-state index >= 15 is 0 Å². The molecule has 0 radical (unpaired) electrons. The Morgan fingerprint density at radius 2 is 1.74 bits per heavy atom. The number of alkyl halides is 3. The average Bonchev–Trinajstić information content (AvgIpc) is 2.49. The first-order chi connectivity index (χ1) is 10.9. The van der Waals surface area contributed by atoms with E-state index in [4.69, 9.17) is 0 Å². The number of hydrogen-bond acceptors (Lipinski definition) is 4. The van der Waals surface area contributed by atoms with Crippen LogP contribution >= 0.6 is 0 Å². The van der Waals surface area contributed by atoms with Crippen molar-refractivity contribution in [2.45, 2.75) is 25.9 Å². The summed E-state index contributed by atoms with van der Waals surface area (Å²) >= 11 is 0. The number of halogens is 3. The van der Waals surface area contributed by atoms with Crippen molar-refractivity contribution in [1.29, 1.82) is 0 Å². The molecule has 0 bridgehead atoms. The van der Waals surface area contributed by atoms with Gasteiger partial charge in [0.05, 0.1) is 11.3 Å². The molecule has 0 saturated carbocycles. The van der Waals surface area contributed by atoms with Crippen LogP contribution in [-0.4, -0.2) is 16.1 Å². The molecule has 23 heavy (non-hydrogen) atoms. The van der Waals surface area contributed by atoms with Crippen molar-refractivity contribution in [3.63, 3.8) is 0 Å². The molecule has 0 aliphatic carbocycles. The van der Waals surface area contributed by atoms with Crippen LogP contribution in [0.1, 0.15) is 25.3 Å². The Labute approximate surface area is 130 Å². The molecule has 2 aromatic rings. The number of benzene rings is 1. The van der Waals surface area contributed by atoms with Crippen LogP contribution in [0.3, 0.4) is 0 Å². The molecule has 5 nitrogen and oxygen atoms in total. The molecular formula is C15H15F3N4O. The number of amides is 1. The zero-order valence-corrected chi connectivity index (χ0v) is 12.3. The maximum Gasteiger partial charge on any atom is 0.418 e. The summed E-state index contributed by atoms with van der Waals surface area (Å²) in [6, 6.07) is 8.01. The Morgan fingerprint density at radius 3 is 2.35 bits per heavy atom. The maximum atomic E-state index is 12.9. The molecule has 1 amide bonds. The Morgan fingerprint density at radius 1 is 1.09 bits per heavy atom. The van der Waals surface area contributed by atoms with Crippen molar-refractivity contribution in [2.75, 3.05) is 10.6 Å². The van der Waals surface area contributed by atoms with Crippen molar-refractivity contribution in [1.82, 2.24) is 10.2 Å². The number of nitrogens with one attached hydrogen (secondary N) is 2. The Kier molecular flexibility index (Phi) is 5.15. The average molecular weight is 324 g/mol. The number of nitrogens with zero attached hydrogens (tertiary/aromatic N) is 2. The molecule has 0 saturated heterocycles. The highest BCUT2D eigenvalue weighted by atomic mass is 19.4. The van der Waals surface area contributed by atoms with Crippen LogP contribution in [0.15, 0.2) is 36.4 Å². The maximum absolute atomic E-state index is 12.9. The molecule has 0 atom stereocenters. The molecule has 122 valence electrons. The van der Waals surface area contributed by atoms with Crippen molar-refractivity contribution in [2.24, 2.45) is 0 Å². The minimum Gasteiger partial charge on any atom is -0.338 e. The van der Waals surface area contributed by atoms with E-state index in [2.05, 4.69) is 20.8 Å². The monoisotopic (exact) mass is 324 g/mol. The summed E-state index contributed by atoms with van der Waals surface area (Å²) in [5.74, 6) is 0.207. The predicted molar refractivity (Wildman–Crippen MR) is 80.3 cm³/mol. The van der Waals surface area contributed by atoms with E-state index in [9.17, 15) is 18.0 Å². The van der Waals surface area contributed by atoms with Gasteiger partial charge in [0.15, 0.2) is 11.6 Å². The van der Waals surface area contributed by atoms with Crippen molar-refractivity contribution in [3.8, 4) is 0 Å². The van der Waals surface area contributed by atoms with Crippen molar-refractivity contribution in [3.05, 3.63) is 42.0 Å². The second-order valence-corrected chi connectivity index (χ2v) is 4.77. The molecule has 0 fully saturated rings. The Hall–Kier alpha value is -2.64. The number of hydrogen-bond donors (Lipinski definition) is 2. The molecule has 0 aliphatic heterocycles. The van der Waals surface area contributed by atoms with Crippen LogP contribution in [0, 0.1) is 0 Å². The highest BCUT2D eigenvalue weighted by Crippen LogP contribution is 2.35. The van der Waals surface area contributed by atoms with Gasteiger partial charge in [0, 0.05) is 6.42 Å². The fourth-order valence-electron chi connectivity index (χ4n) is 1.88. The van der Waals surface area contributed by atoms with E-state index < -0.39 is 11.7 Å². The summed E-state index contributed by atoms with van der Waals surface area (Å²) < 4.78 is 38.7. The standard InChI is InChI=1S/C15H15F3N4O/c1-2-5-14(23)20-13-9-8-12(21-22-13)19-11-7-4-3-6-10(11)15(16,17)18/h3-4,6-9H,2,5H2,1H3,(H,19,21)(H,20,22,23). The summed E-state index contributed by atoms with van der Waals surface area (Å²) in [6.45, 7) is 1.87. The van der Waals surface area contributed by atoms with E-state index in [1.165, 1.54) is 30.3 Å². The van der Waals surface area contributed by atoms with Crippen LogP contribution in [-0.2, 0) is 11.0 Å². The molecule has 8 heteroatoms. The summed E-state index contributed by atoms with van der Waals surface area (Å²) in [7, 11) is 0. The minimum atomic E-state index is -4.47. The van der Waals surface area contributed by atoms with Gasteiger partial charge in [0.2, 0.25) is 5.91 Å². The van der Waals surface area contributed by atoms with E-state index in [1.54, 1.807) is 0 Å². The smallest absolute Gasteiger partial charge is 0.338 e. The fourth-order valence-corrected chi connectivity index (χ4v) is 1.88.